The minimum Gasteiger partial charge on any atom is -0.330 e. The van der Waals surface area contributed by atoms with Crippen molar-refractivity contribution in [1.29, 1.82) is 0 Å². The van der Waals surface area contributed by atoms with E-state index in [2.05, 4.69) is 4.90 Å². The normalized spacial score (nSPS) is 45.1. The van der Waals surface area contributed by atoms with E-state index in [9.17, 15) is 0 Å². The van der Waals surface area contributed by atoms with Gasteiger partial charge in [0.25, 0.3) is 0 Å². The van der Waals surface area contributed by atoms with Gasteiger partial charge in [0.15, 0.2) is 0 Å². The van der Waals surface area contributed by atoms with Crippen molar-refractivity contribution in [2.24, 2.45) is 34.8 Å². The zero-order valence-electron chi connectivity index (χ0n) is 13.0. The second-order valence-corrected chi connectivity index (χ2v) is 8.69. The molecule has 0 unspecified atom stereocenters. The molecule has 2 nitrogen and oxygen atoms in total. The third-order valence-electron chi connectivity index (χ3n) is 7.16. The fourth-order valence-electron chi connectivity index (χ4n) is 6.44. The van der Waals surface area contributed by atoms with Gasteiger partial charge >= 0.3 is 0 Å². The molecule has 4 saturated carbocycles. The zero-order chi connectivity index (χ0) is 13.6. The lowest BCUT2D eigenvalue weighted by Crippen LogP contribution is -2.47. The van der Waals surface area contributed by atoms with E-state index in [1.807, 2.05) is 0 Å². The summed E-state index contributed by atoms with van der Waals surface area (Å²) in [5.74, 6) is 4.16. The Morgan fingerprint density at radius 1 is 0.900 bits per heavy atom. The quantitative estimate of drug-likeness (QED) is 0.854. The van der Waals surface area contributed by atoms with Crippen LogP contribution in [-0.4, -0.2) is 31.1 Å². The molecular formula is C18H32N2. The van der Waals surface area contributed by atoms with Crippen LogP contribution in [0.25, 0.3) is 0 Å². The molecule has 0 atom stereocenters. The molecule has 4 bridgehead atoms. The highest BCUT2D eigenvalue weighted by molar-refractivity contribution is 5.01. The van der Waals surface area contributed by atoms with E-state index in [-0.39, 0.29) is 0 Å². The average molecular weight is 276 g/mol. The summed E-state index contributed by atoms with van der Waals surface area (Å²) in [6.45, 7) is 4.91. The second-order valence-electron chi connectivity index (χ2n) is 8.69. The minimum atomic E-state index is 0.777. The van der Waals surface area contributed by atoms with Crippen LogP contribution in [0.5, 0.6) is 0 Å². The van der Waals surface area contributed by atoms with E-state index in [1.54, 1.807) is 38.5 Å². The maximum Gasteiger partial charge on any atom is -0.00134 e. The summed E-state index contributed by atoms with van der Waals surface area (Å²) in [5, 5.41) is 0. The maximum atomic E-state index is 5.81. The van der Waals surface area contributed by atoms with E-state index >= 15 is 0 Å². The lowest BCUT2D eigenvalue weighted by molar-refractivity contribution is -0.0618. The van der Waals surface area contributed by atoms with Crippen LogP contribution in [0.15, 0.2) is 0 Å². The molecule has 20 heavy (non-hydrogen) atoms. The molecule has 0 radical (unpaired) electrons. The molecule has 2 N–H and O–H groups in total. The van der Waals surface area contributed by atoms with Gasteiger partial charge in [0.05, 0.1) is 0 Å². The molecule has 1 aliphatic heterocycles. The smallest absolute Gasteiger partial charge is 0.00134 e. The molecule has 5 fully saturated rings. The summed E-state index contributed by atoms with van der Waals surface area (Å²) in [4.78, 5) is 2.74. The van der Waals surface area contributed by atoms with Crippen molar-refractivity contribution in [3.05, 3.63) is 0 Å². The van der Waals surface area contributed by atoms with Crippen LogP contribution in [0.2, 0.25) is 0 Å². The topological polar surface area (TPSA) is 29.3 Å². The Labute approximate surface area is 124 Å². The molecule has 0 spiro atoms. The SMILES string of the molecule is NCC1CCN(CCC23CC4CC(CC(C4)C2)C3)CC1. The molecule has 5 rings (SSSR count). The van der Waals surface area contributed by atoms with Crippen molar-refractivity contribution in [3.63, 3.8) is 0 Å². The number of rotatable bonds is 4. The number of hydrogen-bond acceptors (Lipinski definition) is 2. The second kappa shape index (κ2) is 5.28. The maximum absolute atomic E-state index is 5.81. The van der Waals surface area contributed by atoms with Crippen LogP contribution < -0.4 is 5.73 Å². The predicted octanol–water partition coefficient (Wildman–Crippen LogP) is 3.26. The lowest BCUT2D eigenvalue weighted by Gasteiger charge is -2.57. The fourth-order valence-corrected chi connectivity index (χ4v) is 6.44. The highest BCUT2D eigenvalue weighted by Gasteiger charge is 2.50. The molecular weight excluding hydrogens is 244 g/mol. The fraction of sp³-hybridized carbons (Fsp3) is 1.00. The minimum absolute atomic E-state index is 0.777. The number of likely N-dealkylation sites (tertiary alicyclic amines) is 1. The van der Waals surface area contributed by atoms with Crippen LogP contribution in [0.3, 0.4) is 0 Å². The van der Waals surface area contributed by atoms with Crippen molar-refractivity contribution < 1.29 is 0 Å². The van der Waals surface area contributed by atoms with Crippen molar-refractivity contribution in [2.45, 2.75) is 57.8 Å². The summed E-state index contributed by atoms with van der Waals surface area (Å²) < 4.78 is 0. The van der Waals surface area contributed by atoms with Gasteiger partial charge in [-0.25, -0.2) is 0 Å². The Hall–Kier alpha value is -0.0800. The molecule has 0 amide bonds. The van der Waals surface area contributed by atoms with Gasteiger partial charge in [-0.05, 0) is 113 Å². The van der Waals surface area contributed by atoms with Crippen molar-refractivity contribution in [1.82, 2.24) is 4.90 Å². The average Bonchev–Trinajstić information content (AvgIpc) is 2.44. The van der Waals surface area contributed by atoms with Gasteiger partial charge in [0.1, 0.15) is 0 Å². The standard InChI is InChI=1S/C18H32N2/c19-13-14-1-4-20(5-2-14)6-3-18-10-15-7-16(11-18)9-17(8-15)12-18/h14-17H,1-13,19H2. The van der Waals surface area contributed by atoms with E-state index in [0.29, 0.717) is 0 Å². The van der Waals surface area contributed by atoms with Crippen molar-refractivity contribution in [2.75, 3.05) is 26.2 Å². The number of hydrogen-bond donors (Lipinski definition) is 1. The molecule has 0 aromatic rings. The van der Waals surface area contributed by atoms with Crippen LogP contribution in [-0.2, 0) is 0 Å². The van der Waals surface area contributed by atoms with Gasteiger partial charge in [-0.1, -0.05) is 0 Å². The van der Waals surface area contributed by atoms with Crippen molar-refractivity contribution >= 4 is 0 Å². The monoisotopic (exact) mass is 276 g/mol. The van der Waals surface area contributed by atoms with E-state index in [1.165, 1.54) is 38.9 Å². The molecule has 114 valence electrons. The van der Waals surface area contributed by atoms with Gasteiger partial charge in [0, 0.05) is 0 Å². The summed E-state index contributed by atoms with van der Waals surface area (Å²) in [5.41, 5.74) is 6.58. The van der Waals surface area contributed by atoms with Crippen LogP contribution in [0.1, 0.15) is 57.8 Å². The van der Waals surface area contributed by atoms with E-state index in [0.717, 1.165) is 35.6 Å². The van der Waals surface area contributed by atoms with Crippen LogP contribution in [0, 0.1) is 29.1 Å². The third-order valence-corrected chi connectivity index (χ3v) is 7.16. The van der Waals surface area contributed by atoms with Crippen molar-refractivity contribution in [3.8, 4) is 0 Å². The van der Waals surface area contributed by atoms with Gasteiger partial charge in [-0.15, -0.1) is 0 Å². The number of nitrogens with two attached hydrogens (primary N) is 1. The number of piperidine rings is 1. The Kier molecular flexibility index (Phi) is 3.58. The first-order chi connectivity index (χ1) is 9.75. The Bertz CT molecular complexity index is 308. The van der Waals surface area contributed by atoms with Crippen LogP contribution in [0.4, 0.5) is 0 Å². The third kappa shape index (κ3) is 2.54. The molecule has 0 aromatic heterocycles. The van der Waals surface area contributed by atoms with Crippen LogP contribution >= 0.6 is 0 Å². The predicted molar refractivity (Wildman–Crippen MR) is 83.4 cm³/mol. The molecule has 1 heterocycles. The first-order valence-corrected chi connectivity index (χ1v) is 9.17. The summed E-state index contributed by atoms with van der Waals surface area (Å²) >= 11 is 0. The van der Waals surface area contributed by atoms with Gasteiger partial charge in [0.2, 0.25) is 0 Å². The highest BCUT2D eigenvalue weighted by Crippen LogP contribution is 2.61. The highest BCUT2D eigenvalue weighted by atomic mass is 15.1. The Morgan fingerprint density at radius 2 is 1.45 bits per heavy atom. The molecule has 1 saturated heterocycles. The molecule has 2 heteroatoms. The van der Waals surface area contributed by atoms with E-state index < -0.39 is 0 Å². The molecule has 5 aliphatic rings. The largest absolute Gasteiger partial charge is 0.330 e. The first-order valence-electron chi connectivity index (χ1n) is 9.17. The van der Waals surface area contributed by atoms with Gasteiger partial charge in [-0.3, -0.25) is 0 Å². The molecule has 0 aromatic carbocycles. The lowest BCUT2D eigenvalue weighted by atomic mass is 9.49. The Morgan fingerprint density at radius 3 is 1.95 bits per heavy atom. The zero-order valence-corrected chi connectivity index (χ0v) is 13.0. The van der Waals surface area contributed by atoms with Gasteiger partial charge in [-0.2, -0.15) is 0 Å². The summed E-state index contributed by atoms with van der Waals surface area (Å²) in [6.07, 6.45) is 13.7. The summed E-state index contributed by atoms with van der Waals surface area (Å²) in [7, 11) is 0. The summed E-state index contributed by atoms with van der Waals surface area (Å²) in [6, 6.07) is 0. The molecule has 4 aliphatic carbocycles. The van der Waals surface area contributed by atoms with E-state index in [4.69, 9.17) is 5.73 Å². The first kappa shape index (κ1) is 13.6. The Balaban J connectivity index is 1.31. The van der Waals surface area contributed by atoms with Gasteiger partial charge < -0.3 is 10.6 Å². The number of nitrogens with zero attached hydrogens (tertiary/aromatic N) is 1.